The number of hydrogen-bond donors (Lipinski definition) is 0. The molecule has 0 fully saturated rings. The molecule has 0 amide bonds. The Balaban J connectivity index is 0.00000684. The number of aryl methyl sites for hydroxylation is 3. The van der Waals surface area contributed by atoms with Crippen molar-refractivity contribution in [2.24, 2.45) is 11.8 Å². The van der Waals surface area contributed by atoms with Gasteiger partial charge in [-0.15, -0.1) is 0 Å². The molecule has 2 aromatic rings. The molecule has 37 heavy (non-hydrogen) atoms. The van der Waals surface area contributed by atoms with E-state index in [4.69, 9.17) is 9.47 Å². The van der Waals surface area contributed by atoms with Crippen LogP contribution in [0.15, 0.2) is 30.3 Å². The molecule has 3 nitrogen and oxygen atoms in total. The minimum Gasteiger partial charge on any atom is -0.493 e. The van der Waals surface area contributed by atoms with Crippen LogP contribution < -0.4 is 14.8 Å². The van der Waals surface area contributed by atoms with E-state index < -0.39 is 0 Å². The predicted molar refractivity (Wildman–Crippen MR) is 163 cm³/mol. The van der Waals surface area contributed by atoms with E-state index in [1.807, 2.05) is 32.0 Å². The van der Waals surface area contributed by atoms with Gasteiger partial charge in [0.1, 0.15) is 11.5 Å². The zero-order valence-corrected chi connectivity index (χ0v) is 25.8. The summed E-state index contributed by atoms with van der Waals surface area (Å²) in [4.78, 5) is 13.4. The van der Waals surface area contributed by atoms with Gasteiger partial charge in [0.2, 0.25) is 0 Å². The molecule has 2 aromatic carbocycles. The van der Waals surface area contributed by atoms with Crippen molar-refractivity contribution in [3.63, 3.8) is 0 Å². The van der Waals surface area contributed by atoms with E-state index >= 15 is 0 Å². The van der Waals surface area contributed by atoms with Gasteiger partial charge in [0.05, 0.1) is 13.2 Å². The van der Waals surface area contributed by atoms with Crippen molar-refractivity contribution in [3.05, 3.63) is 52.6 Å². The Morgan fingerprint density at radius 3 is 1.86 bits per heavy atom. The van der Waals surface area contributed by atoms with Gasteiger partial charge in [-0.3, -0.25) is 4.79 Å². The molecule has 0 aromatic heterocycles. The van der Waals surface area contributed by atoms with Crippen LogP contribution in [0.2, 0.25) is 0 Å². The minimum absolute atomic E-state index is 0. The average molecular weight is 520 g/mol. The van der Waals surface area contributed by atoms with E-state index in [2.05, 4.69) is 46.8 Å². The summed E-state index contributed by atoms with van der Waals surface area (Å²) in [6, 6.07) is 10.3. The number of ether oxygens (including phenoxy) is 2. The second-order valence-electron chi connectivity index (χ2n) is 10.3. The SMILES string of the molecule is CCCCC(CC)COc1ccc(PC(=O)c2c(C)cc(C)cc2C)c(OCC(CC)CCCC)c1.[Li]. The Morgan fingerprint density at radius 1 is 0.811 bits per heavy atom. The molecule has 0 aliphatic heterocycles. The Bertz CT molecular complexity index is 936. The number of carbonyl (C=O) groups excluding carboxylic acids is 1. The van der Waals surface area contributed by atoms with E-state index in [1.54, 1.807) is 0 Å². The number of carbonyl (C=O) groups is 1. The predicted octanol–water partition coefficient (Wildman–Crippen LogP) is 8.57. The van der Waals surface area contributed by atoms with E-state index in [1.165, 1.54) is 44.1 Å². The molecule has 0 spiro atoms. The van der Waals surface area contributed by atoms with Crippen LogP contribution >= 0.6 is 8.58 Å². The second kappa shape index (κ2) is 18.1. The molecule has 0 N–H and O–H groups in total. The first-order valence-electron chi connectivity index (χ1n) is 14.1. The molecule has 3 atom stereocenters. The minimum atomic E-state index is 0. The third-order valence-corrected chi connectivity index (χ3v) is 8.31. The van der Waals surface area contributed by atoms with Crippen LogP contribution in [0.25, 0.3) is 0 Å². The Hall–Kier alpha value is -1.26. The fourth-order valence-corrected chi connectivity index (χ4v) is 5.95. The Morgan fingerprint density at radius 2 is 1.35 bits per heavy atom. The van der Waals surface area contributed by atoms with Crippen molar-refractivity contribution in [1.29, 1.82) is 0 Å². The number of unbranched alkanes of at least 4 members (excludes halogenated alkanes) is 2. The van der Waals surface area contributed by atoms with Gasteiger partial charge in [0.25, 0.3) is 0 Å². The summed E-state index contributed by atoms with van der Waals surface area (Å²) in [6.45, 7) is 16.5. The van der Waals surface area contributed by atoms with Crippen LogP contribution in [0.1, 0.15) is 106 Å². The molecule has 0 saturated carbocycles. The van der Waals surface area contributed by atoms with Gasteiger partial charge in [-0.05, 0) is 77.3 Å². The van der Waals surface area contributed by atoms with Crippen LogP contribution in [-0.4, -0.2) is 37.6 Å². The van der Waals surface area contributed by atoms with E-state index in [0.717, 1.165) is 52.9 Å². The second-order valence-corrected chi connectivity index (χ2v) is 11.6. The fourth-order valence-electron chi connectivity index (χ4n) is 4.76. The molecule has 0 saturated heterocycles. The summed E-state index contributed by atoms with van der Waals surface area (Å²) in [5.74, 6) is 2.74. The van der Waals surface area contributed by atoms with Gasteiger partial charge < -0.3 is 9.47 Å². The molecule has 201 valence electrons. The molecule has 0 aliphatic rings. The van der Waals surface area contributed by atoms with Gasteiger partial charge in [0.15, 0.2) is 5.52 Å². The quantitative estimate of drug-likeness (QED) is 0.155. The molecular formula is C32H49LiO3P. The maximum atomic E-state index is 13.4. The summed E-state index contributed by atoms with van der Waals surface area (Å²) in [5, 5.41) is 0.968. The number of benzene rings is 2. The van der Waals surface area contributed by atoms with Gasteiger partial charge in [-0.1, -0.05) is 83.9 Å². The molecule has 2 rings (SSSR count). The Labute approximate surface area is 240 Å². The molecule has 0 bridgehead atoms. The third-order valence-electron chi connectivity index (χ3n) is 7.15. The van der Waals surface area contributed by atoms with Crippen molar-refractivity contribution in [1.82, 2.24) is 0 Å². The maximum Gasteiger partial charge on any atom is 0.186 e. The molecule has 1 radical (unpaired) electrons. The molecule has 0 aliphatic carbocycles. The largest absolute Gasteiger partial charge is 0.493 e. The average Bonchev–Trinajstić information content (AvgIpc) is 2.84. The van der Waals surface area contributed by atoms with Gasteiger partial charge in [-0.2, -0.15) is 0 Å². The van der Waals surface area contributed by atoms with E-state index in [0.29, 0.717) is 18.4 Å². The molecule has 5 heteroatoms. The molecular weight excluding hydrogens is 470 g/mol. The number of hydrogen-bond acceptors (Lipinski definition) is 3. The van der Waals surface area contributed by atoms with Crippen LogP contribution in [0, 0.1) is 32.6 Å². The van der Waals surface area contributed by atoms with Crippen molar-refractivity contribution in [3.8, 4) is 11.5 Å². The number of rotatable bonds is 17. The maximum absolute atomic E-state index is 13.4. The molecule has 3 unspecified atom stereocenters. The monoisotopic (exact) mass is 519 g/mol. The summed E-state index contributed by atoms with van der Waals surface area (Å²) in [5.41, 5.74) is 4.32. The van der Waals surface area contributed by atoms with E-state index in [-0.39, 0.29) is 33.0 Å². The topological polar surface area (TPSA) is 35.5 Å². The van der Waals surface area contributed by atoms with Crippen LogP contribution in [-0.2, 0) is 0 Å². The first-order chi connectivity index (χ1) is 17.3. The van der Waals surface area contributed by atoms with Crippen molar-refractivity contribution in [2.75, 3.05) is 13.2 Å². The summed E-state index contributed by atoms with van der Waals surface area (Å²) in [7, 11) is 0.0234. The van der Waals surface area contributed by atoms with Crippen LogP contribution in [0.4, 0.5) is 0 Å². The molecule has 0 heterocycles. The normalized spacial score (nSPS) is 12.8. The first kappa shape index (κ1) is 33.8. The van der Waals surface area contributed by atoms with Crippen molar-refractivity contribution < 1.29 is 14.3 Å². The van der Waals surface area contributed by atoms with Gasteiger partial charge in [-0.25, -0.2) is 0 Å². The van der Waals surface area contributed by atoms with Crippen LogP contribution in [0.3, 0.4) is 0 Å². The summed E-state index contributed by atoms with van der Waals surface area (Å²) >= 11 is 0. The summed E-state index contributed by atoms with van der Waals surface area (Å²) in [6.07, 6.45) is 9.49. The first-order valence-corrected chi connectivity index (χ1v) is 15.1. The van der Waals surface area contributed by atoms with E-state index in [9.17, 15) is 4.79 Å². The van der Waals surface area contributed by atoms with Gasteiger partial charge in [0, 0.05) is 35.8 Å². The van der Waals surface area contributed by atoms with Crippen LogP contribution in [0.5, 0.6) is 11.5 Å². The zero-order valence-electron chi connectivity index (χ0n) is 24.8. The van der Waals surface area contributed by atoms with Crippen molar-refractivity contribution in [2.45, 2.75) is 99.8 Å². The van der Waals surface area contributed by atoms with Gasteiger partial charge >= 0.3 is 0 Å². The third kappa shape index (κ3) is 11.2. The standard InChI is InChI=1S/C32H49O3P.Li/c1-8-12-14-26(10-3)21-34-28-16-17-30(29(20-28)35-22-27(11-4)15-13-9-2)36-32(33)31-24(6)18-23(5)19-25(31)7;/h16-20,26-27,36H,8-15,21-22H2,1-7H3;. The summed E-state index contributed by atoms with van der Waals surface area (Å²) < 4.78 is 12.6. The van der Waals surface area contributed by atoms with Crippen molar-refractivity contribution >= 4 is 38.3 Å². The Kier molecular flexibility index (Phi) is 16.5. The fraction of sp³-hybridized carbons (Fsp3) is 0.594. The smallest absolute Gasteiger partial charge is 0.186 e. The zero-order chi connectivity index (χ0) is 26.5.